The first kappa shape index (κ1) is 69.2. The lowest BCUT2D eigenvalue weighted by molar-refractivity contribution is 0.568. The van der Waals surface area contributed by atoms with Crippen molar-refractivity contribution in [2.45, 2.75) is 157 Å². The number of hydrogen-bond donors (Lipinski definition) is 0. The lowest BCUT2D eigenvalue weighted by atomic mass is 9.33. The highest BCUT2D eigenvalue weighted by molar-refractivity contribution is 7.00. The smallest absolute Gasteiger partial charge is 0.252 e. The van der Waals surface area contributed by atoms with Crippen molar-refractivity contribution in [1.29, 1.82) is 0 Å². The summed E-state index contributed by atoms with van der Waals surface area (Å²) in [5.41, 5.74) is 34.7. The summed E-state index contributed by atoms with van der Waals surface area (Å²) in [6.07, 6.45) is 0. The third-order valence-electron chi connectivity index (χ3n) is 23.2. The van der Waals surface area contributed by atoms with E-state index in [-0.39, 0.29) is 39.2 Å². The molecule has 4 nitrogen and oxygen atoms in total. The molecule has 17 rings (SSSR count). The molecule has 15 aromatic rings. The van der Waals surface area contributed by atoms with Crippen molar-refractivity contribution in [3.8, 4) is 55.9 Å². The predicted octanol–water partition coefficient (Wildman–Crippen LogP) is 26.4. The van der Waals surface area contributed by atoms with E-state index in [1.807, 2.05) is 0 Å². The van der Waals surface area contributed by atoms with Crippen molar-refractivity contribution in [2.75, 3.05) is 9.80 Å². The van der Waals surface area contributed by atoms with Crippen LogP contribution in [0.3, 0.4) is 0 Å². The molecule has 107 heavy (non-hydrogen) atoms. The molecule has 0 saturated carbocycles. The number of para-hydroxylation sites is 6. The lowest BCUT2D eigenvalue weighted by Crippen LogP contribution is -2.61. The zero-order valence-electron chi connectivity index (χ0n) is 65.8. The van der Waals surface area contributed by atoms with Gasteiger partial charge in [0.25, 0.3) is 6.71 Å². The van der Waals surface area contributed by atoms with Gasteiger partial charge in [-0.15, -0.1) is 0 Å². The molecule has 0 amide bonds. The van der Waals surface area contributed by atoms with Gasteiger partial charge in [0, 0.05) is 77.9 Å². The highest BCUT2D eigenvalue weighted by Crippen LogP contribution is 2.52. The molecule has 2 aliphatic heterocycles. The fourth-order valence-corrected chi connectivity index (χ4v) is 17.2. The molecular formula is C102H99BN4. The molecule has 0 spiro atoms. The summed E-state index contributed by atoms with van der Waals surface area (Å²) >= 11 is 0. The third kappa shape index (κ3) is 11.7. The van der Waals surface area contributed by atoms with Crippen molar-refractivity contribution in [1.82, 2.24) is 9.13 Å². The Kier molecular flexibility index (Phi) is 16.1. The summed E-state index contributed by atoms with van der Waals surface area (Å²) in [7, 11) is 0. The fraction of sp³-hybridized carbons (Fsp3) is 0.235. The summed E-state index contributed by atoms with van der Waals surface area (Å²) < 4.78 is 5.13. The molecule has 13 aromatic carbocycles. The average Bonchev–Trinajstić information content (AvgIpc) is 1.17. The van der Waals surface area contributed by atoms with Gasteiger partial charge in [0.2, 0.25) is 0 Å². The fourth-order valence-electron chi connectivity index (χ4n) is 17.2. The Hall–Kier alpha value is -10.9. The van der Waals surface area contributed by atoms with Crippen LogP contribution in [0.4, 0.5) is 34.1 Å². The first-order valence-corrected chi connectivity index (χ1v) is 38.7. The van der Waals surface area contributed by atoms with E-state index < -0.39 is 0 Å². The lowest BCUT2D eigenvalue weighted by Gasteiger charge is -2.45. The summed E-state index contributed by atoms with van der Waals surface area (Å²) in [6, 6.07) is 106. The molecule has 0 aliphatic carbocycles. The minimum absolute atomic E-state index is 0.0198. The Morgan fingerprint density at radius 3 is 0.897 bits per heavy atom. The van der Waals surface area contributed by atoms with Crippen LogP contribution in [0.15, 0.2) is 273 Å². The van der Waals surface area contributed by atoms with E-state index in [0.29, 0.717) is 0 Å². The van der Waals surface area contributed by atoms with E-state index in [4.69, 9.17) is 0 Å². The van der Waals surface area contributed by atoms with Crippen LogP contribution >= 0.6 is 0 Å². The zero-order valence-corrected chi connectivity index (χ0v) is 65.8. The number of fused-ring (bicyclic) bond motifs is 10. The van der Waals surface area contributed by atoms with Gasteiger partial charge in [-0.1, -0.05) is 337 Å². The number of nitrogens with zero attached hydrogens (tertiary/aromatic N) is 4. The normalized spacial score (nSPS) is 13.5. The van der Waals surface area contributed by atoms with Gasteiger partial charge in [-0.25, -0.2) is 0 Å². The number of benzene rings is 13. The van der Waals surface area contributed by atoms with Crippen molar-refractivity contribution < 1.29 is 0 Å². The largest absolute Gasteiger partial charge is 0.311 e. The summed E-state index contributed by atoms with van der Waals surface area (Å²) in [5.74, 6) is 0. The van der Waals surface area contributed by atoms with Gasteiger partial charge in [0.05, 0.1) is 33.4 Å². The van der Waals surface area contributed by atoms with E-state index in [2.05, 4.69) is 417 Å². The molecule has 5 heteroatoms. The van der Waals surface area contributed by atoms with Crippen LogP contribution in [-0.4, -0.2) is 15.8 Å². The number of anilines is 6. The van der Waals surface area contributed by atoms with Gasteiger partial charge in [-0.2, -0.15) is 0 Å². The topological polar surface area (TPSA) is 16.3 Å². The summed E-state index contributed by atoms with van der Waals surface area (Å²) in [4.78, 5) is 5.31. The quantitative estimate of drug-likeness (QED) is 0.141. The molecule has 0 N–H and O–H groups in total. The second-order valence-corrected chi connectivity index (χ2v) is 36.7. The first-order chi connectivity index (χ1) is 50.9. The van der Waals surface area contributed by atoms with E-state index in [1.54, 1.807) is 0 Å². The number of rotatable bonds is 8. The zero-order chi connectivity index (χ0) is 74.8. The second kappa shape index (κ2) is 24.9. The SMILES string of the molecule is CC(C)(C)c1ccc(-c2cccc3c4ccccc4n(-c4ccc5c(c4)N(c4ccccc4-c4cc(C(C)(C)C)cc(C(C)(C)C)c4)c4cccc6c4B5c4ccc(-n5c7ccccc7c7cccc(-c8ccc(C(C)(C)C)cc8)c75)cc4N6c4ccccc4-c4cc(C(C)(C)C)cc(C(C)(C)C)c4)c23)cc1. The van der Waals surface area contributed by atoms with Crippen molar-refractivity contribution in [2.24, 2.45) is 0 Å². The minimum Gasteiger partial charge on any atom is -0.311 e. The van der Waals surface area contributed by atoms with Crippen LogP contribution in [0.25, 0.3) is 99.5 Å². The maximum Gasteiger partial charge on any atom is 0.252 e. The molecule has 0 fully saturated rings. The molecule has 2 aromatic heterocycles. The van der Waals surface area contributed by atoms with Crippen molar-refractivity contribution in [3.05, 3.63) is 306 Å². The van der Waals surface area contributed by atoms with Gasteiger partial charge < -0.3 is 18.9 Å². The predicted molar refractivity (Wildman–Crippen MR) is 463 cm³/mol. The molecule has 0 atom stereocenters. The van der Waals surface area contributed by atoms with Crippen LogP contribution < -0.4 is 26.2 Å². The molecular weight excluding hydrogens is 1290 g/mol. The highest BCUT2D eigenvalue weighted by atomic mass is 15.2. The minimum atomic E-state index is -0.195. The molecule has 0 unspecified atom stereocenters. The standard InChI is InChI=1S/C102H99BN4/c1-97(2,3)68-48-44-64(45-49-68)78-34-27-36-82-80-32-21-25-40-88(80)104(95(78)82)74-52-54-84-92(62-74)106(86-38-23-19-30-76(86)66-56-70(99(7,8)9)60-71(57-66)100(10,11)12)90-42-29-43-91-94(90)103(84)85-55-53-75(63-93(85)107(91)87-39-24-20-31-77(87)67-58-72(101(13,14)15)61-73(59-67)102(16,17)18)105-89-41-26-22-33-81(89)83-37-28-35-79(96(83)105)65-46-50-69(51-47-65)98(4,5)6/h19-63H,1-18H3. The van der Waals surface area contributed by atoms with Crippen LogP contribution in [0.1, 0.15) is 158 Å². The Bertz CT molecular complexity index is 5640. The molecule has 0 radical (unpaired) electrons. The number of hydrogen-bond acceptors (Lipinski definition) is 2. The van der Waals surface area contributed by atoms with Crippen molar-refractivity contribution in [3.63, 3.8) is 0 Å². The van der Waals surface area contributed by atoms with Crippen LogP contribution in [0.5, 0.6) is 0 Å². The maximum absolute atomic E-state index is 2.66. The Labute approximate surface area is 635 Å². The number of aromatic nitrogens is 2. The molecule has 4 heterocycles. The van der Waals surface area contributed by atoms with E-state index in [1.165, 1.54) is 138 Å². The monoisotopic (exact) mass is 1390 g/mol. The highest BCUT2D eigenvalue weighted by Gasteiger charge is 2.45. The second-order valence-electron chi connectivity index (χ2n) is 36.7. The van der Waals surface area contributed by atoms with Crippen molar-refractivity contribution >= 4 is 101 Å². The molecule has 2 aliphatic rings. The molecule has 0 saturated heterocycles. The Balaban J connectivity index is 0.975. The third-order valence-corrected chi connectivity index (χ3v) is 23.2. The van der Waals surface area contributed by atoms with E-state index in [0.717, 1.165) is 45.5 Å². The van der Waals surface area contributed by atoms with Gasteiger partial charge >= 0.3 is 0 Å². The summed E-state index contributed by atoms with van der Waals surface area (Å²) in [6.45, 7) is 41.9. The van der Waals surface area contributed by atoms with Gasteiger partial charge in [0.1, 0.15) is 0 Å². The van der Waals surface area contributed by atoms with Crippen LogP contribution in [0, 0.1) is 0 Å². The maximum atomic E-state index is 2.66. The molecule has 0 bridgehead atoms. The first-order valence-electron chi connectivity index (χ1n) is 38.7. The van der Waals surface area contributed by atoms with Crippen LogP contribution in [-0.2, 0) is 32.5 Å². The van der Waals surface area contributed by atoms with Gasteiger partial charge in [-0.3, -0.25) is 0 Å². The Morgan fingerprint density at radius 1 is 0.224 bits per heavy atom. The van der Waals surface area contributed by atoms with Crippen LogP contribution in [0.2, 0.25) is 0 Å². The Morgan fingerprint density at radius 2 is 0.533 bits per heavy atom. The summed E-state index contributed by atoms with van der Waals surface area (Å²) in [5, 5.41) is 4.91. The molecule has 530 valence electrons. The van der Waals surface area contributed by atoms with E-state index in [9.17, 15) is 0 Å². The van der Waals surface area contributed by atoms with Gasteiger partial charge in [-0.05, 0) is 165 Å². The van der Waals surface area contributed by atoms with E-state index >= 15 is 0 Å². The van der Waals surface area contributed by atoms with Gasteiger partial charge in [0.15, 0.2) is 0 Å². The average molecular weight is 1390 g/mol.